The average Bonchev–Trinajstić information content (AvgIpc) is 2.19. The Balaban J connectivity index is 2.61. The predicted octanol–water partition coefficient (Wildman–Crippen LogP) is 3.96. The Morgan fingerprint density at radius 1 is 1.29 bits per heavy atom. The van der Waals surface area contributed by atoms with Crippen molar-refractivity contribution in [1.82, 2.24) is 0 Å². The van der Waals surface area contributed by atoms with Gasteiger partial charge in [-0.1, -0.05) is 26.3 Å². The summed E-state index contributed by atoms with van der Waals surface area (Å²) in [6.07, 6.45) is 5.09. The minimum Gasteiger partial charge on any atom is -0.459 e. The molecule has 0 aromatic heterocycles. The summed E-state index contributed by atoms with van der Waals surface area (Å²) >= 11 is 0. The van der Waals surface area contributed by atoms with E-state index in [2.05, 4.69) is 20.8 Å². The van der Waals surface area contributed by atoms with Crippen LogP contribution in [0.3, 0.4) is 0 Å². The molecule has 1 aliphatic rings. The molecule has 0 spiro atoms. The van der Waals surface area contributed by atoms with Gasteiger partial charge >= 0.3 is 5.97 Å². The van der Waals surface area contributed by atoms with Crippen LogP contribution < -0.4 is 0 Å². The number of ether oxygens (including phenoxy) is 1. The van der Waals surface area contributed by atoms with Crippen LogP contribution in [0.2, 0.25) is 0 Å². The van der Waals surface area contributed by atoms with E-state index in [9.17, 15) is 4.79 Å². The summed E-state index contributed by atoms with van der Waals surface area (Å²) in [5.41, 5.74) is 1.00. The fraction of sp³-hybridized carbons (Fsp3) is 0.800. The first kappa shape index (κ1) is 14.3. The van der Waals surface area contributed by atoms with Crippen LogP contribution in [0.25, 0.3) is 0 Å². The van der Waals surface area contributed by atoms with Gasteiger partial charge in [0, 0.05) is 6.08 Å². The van der Waals surface area contributed by atoms with Gasteiger partial charge in [-0.05, 0) is 50.9 Å². The van der Waals surface area contributed by atoms with Crippen molar-refractivity contribution in [2.45, 2.75) is 60.0 Å². The third kappa shape index (κ3) is 4.53. The molecule has 1 saturated carbocycles. The Morgan fingerprint density at radius 3 is 2.47 bits per heavy atom. The van der Waals surface area contributed by atoms with E-state index in [4.69, 9.17) is 4.74 Å². The highest BCUT2D eigenvalue weighted by atomic mass is 16.5. The van der Waals surface area contributed by atoms with Gasteiger partial charge in [0.05, 0.1) is 0 Å². The Labute approximate surface area is 105 Å². The fourth-order valence-corrected chi connectivity index (χ4v) is 2.66. The zero-order valence-corrected chi connectivity index (χ0v) is 11.8. The predicted molar refractivity (Wildman–Crippen MR) is 70.7 cm³/mol. The SMILES string of the molecule is CC(C)=CC(=O)O[C@@H]1CC[C@@H](C)C[C@H]1C(C)C. The van der Waals surface area contributed by atoms with Crippen molar-refractivity contribution in [3.05, 3.63) is 11.6 Å². The van der Waals surface area contributed by atoms with Crippen LogP contribution in [0, 0.1) is 17.8 Å². The molecule has 3 atom stereocenters. The number of hydrogen-bond acceptors (Lipinski definition) is 2. The topological polar surface area (TPSA) is 26.3 Å². The molecule has 0 heterocycles. The third-order valence-electron chi connectivity index (χ3n) is 3.63. The summed E-state index contributed by atoms with van der Waals surface area (Å²) in [5.74, 6) is 1.70. The van der Waals surface area contributed by atoms with E-state index in [0.29, 0.717) is 11.8 Å². The van der Waals surface area contributed by atoms with Crippen LogP contribution in [0.15, 0.2) is 11.6 Å². The lowest BCUT2D eigenvalue weighted by Gasteiger charge is -2.36. The van der Waals surface area contributed by atoms with Crippen molar-refractivity contribution >= 4 is 5.97 Å². The van der Waals surface area contributed by atoms with E-state index in [1.165, 1.54) is 12.8 Å². The van der Waals surface area contributed by atoms with Crippen molar-refractivity contribution in [3.8, 4) is 0 Å². The minimum absolute atomic E-state index is 0.120. The summed E-state index contributed by atoms with van der Waals surface area (Å²) in [6.45, 7) is 10.6. The van der Waals surface area contributed by atoms with Crippen molar-refractivity contribution in [3.63, 3.8) is 0 Å². The first-order valence-electron chi connectivity index (χ1n) is 6.75. The molecule has 0 radical (unpaired) electrons. The van der Waals surface area contributed by atoms with Gasteiger partial charge in [0.25, 0.3) is 0 Å². The molecule has 0 aliphatic heterocycles. The van der Waals surface area contributed by atoms with Crippen LogP contribution in [0.5, 0.6) is 0 Å². The summed E-state index contributed by atoms with van der Waals surface area (Å²) in [6, 6.07) is 0. The molecule has 1 fully saturated rings. The Hall–Kier alpha value is -0.790. The number of esters is 1. The molecule has 0 bridgehead atoms. The highest BCUT2D eigenvalue weighted by Gasteiger charge is 2.32. The maximum atomic E-state index is 11.7. The van der Waals surface area contributed by atoms with E-state index in [-0.39, 0.29) is 12.1 Å². The van der Waals surface area contributed by atoms with Crippen molar-refractivity contribution in [1.29, 1.82) is 0 Å². The number of hydrogen-bond donors (Lipinski definition) is 0. The largest absolute Gasteiger partial charge is 0.459 e. The van der Waals surface area contributed by atoms with E-state index < -0.39 is 0 Å². The van der Waals surface area contributed by atoms with Gasteiger partial charge < -0.3 is 4.74 Å². The molecule has 1 rings (SSSR count). The molecule has 0 unspecified atom stereocenters. The normalized spacial score (nSPS) is 28.9. The number of carbonyl (C=O) groups excluding carboxylic acids is 1. The number of carbonyl (C=O) groups is 1. The van der Waals surface area contributed by atoms with Crippen LogP contribution in [0.1, 0.15) is 53.9 Å². The van der Waals surface area contributed by atoms with E-state index in [0.717, 1.165) is 17.9 Å². The number of rotatable bonds is 3. The molecule has 17 heavy (non-hydrogen) atoms. The average molecular weight is 238 g/mol. The molecule has 2 nitrogen and oxygen atoms in total. The van der Waals surface area contributed by atoms with Crippen molar-refractivity contribution in [2.24, 2.45) is 17.8 Å². The first-order valence-corrected chi connectivity index (χ1v) is 6.75. The zero-order valence-electron chi connectivity index (χ0n) is 11.8. The van der Waals surface area contributed by atoms with Gasteiger partial charge in [-0.25, -0.2) is 4.79 Å². The molecule has 2 heteroatoms. The minimum atomic E-state index is -0.171. The van der Waals surface area contributed by atoms with Gasteiger partial charge in [0.15, 0.2) is 0 Å². The summed E-state index contributed by atoms with van der Waals surface area (Å²) in [5, 5.41) is 0. The molecule has 1 aliphatic carbocycles. The lowest BCUT2D eigenvalue weighted by molar-refractivity contribution is -0.149. The fourth-order valence-electron chi connectivity index (χ4n) is 2.66. The smallest absolute Gasteiger partial charge is 0.330 e. The lowest BCUT2D eigenvalue weighted by atomic mass is 9.75. The van der Waals surface area contributed by atoms with Crippen LogP contribution in [-0.2, 0) is 9.53 Å². The van der Waals surface area contributed by atoms with Crippen LogP contribution in [-0.4, -0.2) is 12.1 Å². The zero-order chi connectivity index (χ0) is 13.0. The van der Waals surface area contributed by atoms with Gasteiger partial charge in [0.2, 0.25) is 0 Å². The maximum Gasteiger partial charge on any atom is 0.330 e. The Bertz CT molecular complexity index is 287. The highest BCUT2D eigenvalue weighted by molar-refractivity contribution is 5.82. The van der Waals surface area contributed by atoms with E-state index in [1.54, 1.807) is 6.08 Å². The van der Waals surface area contributed by atoms with E-state index in [1.807, 2.05) is 13.8 Å². The number of allylic oxidation sites excluding steroid dienone is 1. The summed E-state index contributed by atoms with van der Waals surface area (Å²) in [4.78, 5) is 11.7. The Kier molecular flexibility index (Phi) is 5.23. The second kappa shape index (κ2) is 6.23. The standard InChI is InChI=1S/C15H26O2/c1-10(2)8-15(16)17-14-7-6-12(5)9-13(14)11(3)4/h8,11-14H,6-7,9H2,1-5H3/t12-,13+,14-/m1/s1. The van der Waals surface area contributed by atoms with Gasteiger partial charge in [-0.3, -0.25) is 0 Å². The molecule has 0 N–H and O–H groups in total. The van der Waals surface area contributed by atoms with Crippen molar-refractivity contribution in [2.75, 3.05) is 0 Å². The first-order chi connectivity index (χ1) is 7.90. The Morgan fingerprint density at radius 2 is 1.94 bits per heavy atom. The molecule has 0 amide bonds. The second-order valence-corrected chi connectivity index (χ2v) is 6.02. The van der Waals surface area contributed by atoms with Gasteiger partial charge in [-0.2, -0.15) is 0 Å². The van der Waals surface area contributed by atoms with Crippen molar-refractivity contribution < 1.29 is 9.53 Å². The third-order valence-corrected chi connectivity index (χ3v) is 3.63. The molecule has 0 saturated heterocycles. The molecule has 0 aromatic carbocycles. The van der Waals surface area contributed by atoms with Crippen LogP contribution in [0.4, 0.5) is 0 Å². The maximum absolute atomic E-state index is 11.7. The molecule has 0 aromatic rings. The monoisotopic (exact) mass is 238 g/mol. The summed E-state index contributed by atoms with van der Waals surface area (Å²) in [7, 11) is 0. The van der Waals surface area contributed by atoms with Gasteiger partial charge in [0.1, 0.15) is 6.10 Å². The second-order valence-electron chi connectivity index (χ2n) is 6.02. The van der Waals surface area contributed by atoms with Crippen LogP contribution >= 0.6 is 0 Å². The molecular formula is C15H26O2. The quantitative estimate of drug-likeness (QED) is 0.549. The van der Waals surface area contributed by atoms with Gasteiger partial charge in [-0.15, -0.1) is 0 Å². The molecular weight excluding hydrogens is 212 g/mol. The van der Waals surface area contributed by atoms with E-state index >= 15 is 0 Å². The lowest BCUT2D eigenvalue weighted by Crippen LogP contribution is -2.35. The highest BCUT2D eigenvalue weighted by Crippen LogP contribution is 2.35. The molecule has 98 valence electrons. The summed E-state index contributed by atoms with van der Waals surface area (Å²) < 4.78 is 5.61.